The first kappa shape index (κ1) is 19.2. The number of nitrogens with zero attached hydrogens (tertiary/aromatic N) is 1. The Labute approximate surface area is 147 Å². The monoisotopic (exact) mass is 353 g/mol. The molecule has 140 valence electrons. The molecular weight excluding hydrogens is 326 g/mol. The zero-order valence-electron chi connectivity index (χ0n) is 15.1. The smallest absolute Gasteiger partial charge is 0.325 e. The summed E-state index contributed by atoms with van der Waals surface area (Å²) in [7, 11) is 0. The van der Waals surface area contributed by atoms with E-state index in [-0.39, 0.29) is 42.7 Å². The van der Waals surface area contributed by atoms with Crippen molar-refractivity contribution in [1.82, 2.24) is 15.5 Å². The highest BCUT2D eigenvalue weighted by atomic mass is 16.5. The van der Waals surface area contributed by atoms with Gasteiger partial charge in [0.05, 0.1) is 12.5 Å². The van der Waals surface area contributed by atoms with Gasteiger partial charge in [0.15, 0.2) is 0 Å². The molecule has 1 saturated heterocycles. The topological polar surface area (TPSA) is 105 Å². The number of amides is 4. The van der Waals surface area contributed by atoms with Gasteiger partial charge in [-0.25, -0.2) is 4.79 Å². The standard InChI is InChI=1S/C17H27N3O5/c1-4-25-14(22)11-7-8-12(10-11)18-13(21)6-5-9-20-15(23)17(2,3)19-16(20)24/h11-12H,4-10H2,1-3H3,(H,18,21)(H,19,24)/t11-,12+/m1/s1. The van der Waals surface area contributed by atoms with Crippen molar-refractivity contribution < 1.29 is 23.9 Å². The summed E-state index contributed by atoms with van der Waals surface area (Å²) in [6.07, 6.45) is 2.73. The normalized spacial score (nSPS) is 25.0. The van der Waals surface area contributed by atoms with Crippen molar-refractivity contribution in [3.8, 4) is 0 Å². The molecule has 1 aliphatic heterocycles. The molecule has 0 spiro atoms. The van der Waals surface area contributed by atoms with E-state index in [1.807, 2.05) is 0 Å². The highest BCUT2D eigenvalue weighted by molar-refractivity contribution is 6.06. The minimum absolute atomic E-state index is 0.0162. The molecule has 2 atom stereocenters. The van der Waals surface area contributed by atoms with Crippen LogP contribution in [0, 0.1) is 5.92 Å². The molecule has 2 N–H and O–H groups in total. The van der Waals surface area contributed by atoms with Crippen molar-refractivity contribution in [2.24, 2.45) is 5.92 Å². The van der Waals surface area contributed by atoms with E-state index < -0.39 is 11.6 Å². The number of hydrogen-bond donors (Lipinski definition) is 2. The Bertz CT molecular complexity index is 560. The van der Waals surface area contributed by atoms with Crippen molar-refractivity contribution in [3.05, 3.63) is 0 Å². The fraction of sp³-hybridized carbons (Fsp3) is 0.765. The van der Waals surface area contributed by atoms with E-state index in [1.54, 1.807) is 20.8 Å². The van der Waals surface area contributed by atoms with Crippen molar-refractivity contribution in [1.29, 1.82) is 0 Å². The highest BCUT2D eigenvalue weighted by Crippen LogP contribution is 2.26. The Morgan fingerprint density at radius 3 is 2.64 bits per heavy atom. The molecule has 2 fully saturated rings. The highest BCUT2D eigenvalue weighted by Gasteiger charge is 2.43. The predicted octanol–water partition coefficient (Wildman–Crippen LogP) is 0.945. The lowest BCUT2D eigenvalue weighted by Crippen LogP contribution is -2.40. The summed E-state index contributed by atoms with van der Waals surface area (Å²) in [6, 6.07) is -0.430. The van der Waals surface area contributed by atoms with Gasteiger partial charge in [0, 0.05) is 19.0 Å². The van der Waals surface area contributed by atoms with Gasteiger partial charge in [0.25, 0.3) is 5.91 Å². The first-order valence-corrected chi connectivity index (χ1v) is 8.84. The average Bonchev–Trinajstić information content (AvgIpc) is 3.05. The Hall–Kier alpha value is -2.12. The van der Waals surface area contributed by atoms with Gasteiger partial charge in [0.2, 0.25) is 5.91 Å². The lowest BCUT2D eigenvalue weighted by Gasteiger charge is -2.16. The second-order valence-corrected chi connectivity index (χ2v) is 7.14. The van der Waals surface area contributed by atoms with Gasteiger partial charge in [-0.2, -0.15) is 0 Å². The van der Waals surface area contributed by atoms with E-state index in [0.717, 1.165) is 17.7 Å². The molecule has 1 heterocycles. The zero-order chi connectivity index (χ0) is 18.6. The maximum atomic E-state index is 12.0. The molecule has 1 saturated carbocycles. The van der Waals surface area contributed by atoms with E-state index in [9.17, 15) is 19.2 Å². The lowest BCUT2D eigenvalue weighted by atomic mass is 10.1. The molecular formula is C17H27N3O5. The summed E-state index contributed by atoms with van der Waals surface area (Å²) < 4.78 is 5.01. The number of carbonyl (C=O) groups excluding carboxylic acids is 4. The van der Waals surface area contributed by atoms with Crippen molar-refractivity contribution in [3.63, 3.8) is 0 Å². The van der Waals surface area contributed by atoms with Gasteiger partial charge >= 0.3 is 12.0 Å². The molecule has 2 rings (SSSR count). The molecule has 0 aromatic rings. The number of hydrogen-bond acceptors (Lipinski definition) is 5. The van der Waals surface area contributed by atoms with Crippen LogP contribution >= 0.6 is 0 Å². The molecule has 25 heavy (non-hydrogen) atoms. The Morgan fingerprint density at radius 2 is 2.04 bits per heavy atom. The van der Waals surface area contributed by atoms with Crippen LogP contribution in [0.5, 0.6) is 0 Å². The van der Waals surface area contributed by atoms with E-state index in [2.05, 4.69) is 10.6 Å². The molecule has 0 unspecified atom stereocenters. The van der Waals surface area contributed by atoms with Crippen molar-refractivity contribution >= 4 is 23.8 Å². The second kappa shape index (κ2) is 7.84. The van der Waals surface area contributed by atoms with E-state index in [0.29, 0.717) is 19.4 Å². The van der Waals surface area contributed by atoms with Gasteiger partial charge in [-0.05, 0) is 46.5 Å². The quantitative estimate of drug-likeness (QED) is 0.524. The van der Waals surface area contributed by atoms with Crippen molar-refractivity contribution in [2.45, 2.75) is 64.5 Å². The summed E-state index contributed by atoms with van der Waals surface area (Å²) in [6.45, 7) is 5.67. The fourth-order valence-electron chi connectivity index (χ4n) is 3.31. The SMILES string of the molecule is CCOC(=O)[C@@H]1CC[C@H](NC(=O)CCCN2C(=O)NC(C)(C)C2=O)C1. The van der Waals surface area contributed by atoms with E-state index >= 15 is 0 Å². The third-order valence-corrected chi connectivity index (χ3v) is 4.65. The van der Waals surface area contributed by atoms with Crippen LogP contribution in [-0.4, -0.2) is 53.4 Å². The van der Waals surface area contributed by atoms with Crippen LogP contribution in [-0.2, 0) is 19.1 Å². The van der Waals surface area contributed by atoms with E-state index in [1.165, 1.54) is 0 Å². The third-order valence-electron chi connectivity index (χ3n) is 4.65. The number of esters is 1. The summed E-state index contributed by atoms with van der Waals surface area (Å²) in [4.78, 5) is 48.7. The summed E-state index contributed by atoms with van der Waals surface area (Å²) >= 11 is 0. The Morgan fingerprint density at radius 1 is 1.32 bits per heavy atom. The molecule has 8 nitrogen and oxygen atoms in total. The molecule has 2 aliphatic rings. The van der Waals surface area contributed by atoms with Crippen LogP contribution < -0.4 is 10.6 Å². The van der Waals surface area contributed by atoms with E-state index in [4.69, 9.17) is 4.74 Å². The summed E-state index contributed by atoms with van der Waals surface area (Å²) in [5.41, 5.74) is -0.884. The fourth-order valence-corrected chi connectivity index (χ4v) is 3.31. The first-order chi connectivity index (χ1) is 11.7. The van der Waals surface area contributed by atoms with Crippen LogP contribution in [0.3, 0.4) is 0 Å². The zero-order valence-corrected chi connectivity index (χ0v) is 15.1. The Kier molecular flexibility index (Phi) is 6.02. The average molecular weight is 353 g/mol. The van der Waals surface area contributed by atoms with Crippen LogP contribution in [0.15, 0.2) is 0 Å². The van der Waals surface area contributed by atoms with Gasteiger partial charge in [0.1, 0.15) is 5.54 Å². The molecule has 0 aromatic carbocycles. The van der Waals surface area contributed by atoms with Crippen LogP contribution in [0.4, 0.5) is 4.79 Å². The maximum absolute atomic E-state index is 12.0. The molecule has 0 aromatic heterocycles. The van der Waals surface area contributed by atoms with Crippen LogP contribution in [0.1, 0.15) is 52.9 Å². The summed E-state index contributed by atoms with van der Waals surface area (Å²) in [5, 5.41) is 5.53. The number of rotatable bonds is 7. The van der Waals surface area contributed by atoms with Gasteiger partial charge in [-0.15, -0.1) is 0 Å². The van der Waals surface area contributed by atoms with Gasteiger partial charge in [-0.1, -0.05) is 0 Å². The van der Waals surface area contributed by atoms with Crippen LogP contribution in [0.2, 0.25) is 0 Å². The van der Waals surface area contributed by atoms with Gasteiger partial charge < -0.3 is 15.4 Å². The number of carbonyl (C=O) groups is 4. The molecule has 4 amide bonds. The van der Waals surface area contributed by atoms with Gasteiger partial charge in [-0.3, -0.25) is 19.3 Å². The molecule has 0 bridgehead atoms. The third kappa shape index (κ3) is 4.70. The Balaban J connectivity index is 1.69. The predicted molar refractivity (Wildman–Crippen MR) is 89.5 cm³/mol. The number of nitrogens with one attached hydrogen (secondary N) is 2. The number of ether oxygens (including phenoxy) is 1. The maximum Gasteiger partial charge on any atom is 0.325 e. The molecule has 8 heteroatoms. The molecule has 1 aliphatic carbocycles. The number of urea groups is 1. The second-order valence-electron chi connectivity index (χ2n) is 7.14. The minimum Gasteiger partial charge on any atom is -0.466 e. The lowest BCUT2D eigenvalue weighted by molar-refractivity contribution is -0.147. The van der Waals surface area contributed by atoms with Crippen LogP contribution in [0.25, 0.3) is 0 Å². The minimum atomic E-state index is -0.884. The molecule has 0 radical (unpaired) electrons. The number of imide groups is 1. The van der Waals surface area contributed by atoms with Crippen molar-refractivity contribution in [2.75, 3.05) is 13.2 Å². The first-order valence-electron chi connectivity index (χ1n) is 8.84. The largest absolute Gasteiger partial charge is 0.466 e. The summed E-state index contributed by atoms with van der Waals surface area (Å²) in [5.74, 6) is -0.731.